The van der Waals surface area contributed by atoms with Crippen LogP contribution >= 0.6 is 11.3 Å². The number of nitrogens with zero attached hydrogens (tertiary/aromatic N) is 1. The SMILES string of the molecule is C/C(C(=O)O)=C(\C)C(=O)NC(=O)NCC(C)c1nccs1. The molecule has 21 heavy (non-hydrogen) atoms. The van der Waals surface area contributed by atoms with Crippen LogP contribution in [0.4, 0.5) is 4.79 Å². The number of amides is 3. The van der Waals surface area contributed by atoms with Crippen molar-refractivity contribution in [3.05, 3.63) is 27.7 Å². The highest BCUT2D eigenvalue weighted by molar-refractivity contribution is 7.09. The number of aliphatic carboxylic acids is 1. The Kier molecular flexibility index (Phi) is 6.04. The fourth-order valence-corrected chi connectivity index (χ4v) is 2.08. The van der Waals surface area contributed by atoms with Gasteiger partial charge in [-0.1, -0.05) is 6.92 Å². The third kappa shape index (κ3) is 4.99. The largest absolute Gasteiger partial charge is 0.478 e. The summed E-state index contributed by atoms with van der Waals surface area (Å²) in [4.78, 5) is 38.1. The Labute approximate surface area is 126 Å². The number of aromatic nitrogens is 1. The predicted octanol–water partition coefficient (Wildman–Crippen LogP) is 1.49. The molecule has 0 aliphatic rings. The number of imide groups is 1. The van der Waals surface area contributed by atoms with Gasteiger partial charge in [-0.25, -0.2) is 14.6 Å². The highest BCUT2D eigenvalue weighted by Crippen LogP contribution is 2.16. The minimum atomic E-state index is -1.19. The van der Waals surface area contributed by atoms with Crippen LogP contribution in [0, 0.1) is 0 Å². The van der Waals surface area contributed by atoms with E-state index in [-0.39, 0.29) is 17.1 Å². The molecule has 1 unspecified atom stereocenters. The Morgan fingerprint density at radius 1 is 1.33 bits per heavy atom. The van der Waals surface area contributed by atoms with Gasteiger partial charge in [0.05, 0.1) is 5.01 Å². The zero-order valence-corrected chi connectivity index (χ0v) is 12.8. The molecule has 0 saturated carbocycles. The Balaban J connectivity index is 2.49. The summed E-state index contributed by atoms with van der Waals surface area (Å²) in [7, 11) is 0. The molecule has 0 bridgehead atoms. The van der Waals surface area contributed by atoms with E-state index in [4.69, 9.17) is 5.11 Å². The fraction of sp³-hybridized carbons (Fsp3) is 0.385. The van der Waals surface area contributed by atoms with E-state index in [1.165, 1.54) is 25.2 Å². The van der Waals surface area contributed by atoms with Crippen LogP contribution < -0.4 is 10.6 Å². The van der Waals surface area contributed by atoms with Crippen molar-refractivity contribution in [3.63, 3.8) is 0 Å². The molecule has 8 heteroatoms. The molecule has 1 aromatic heterocycles. The average molecular weight is 311 g/mol. The van der Waals surface area contributed by atoms with Gasteiger partial charge >= 0.3 is 12.0 Å². The molecule has 114 valence electrons. The van der Waals surface area contributed by atoms with Gasteiger partial charge in [-0.2, -0.15) is 0 Å². The quantitative estimate of drug-likeness (QED) is 0.714. The van der Waals surface area contributed by atoms with Gasteiger partial charge in [0.2, 0.25) is 0 Å². The second kappa shape index (κ2) is 7.53. The Morgan fingerprint density at radius 2 is 2.00 bits per heavy atom. The van der Waals surface area contributed by atoms with Gasteiger partial charge < -0.3 is 10.4 Å². The van der Waals surface area contributed by atoms with Gasteiger partial charge in [-0.05, 0) is 13.8 Å². The van der Waals surface area contributed by atoms with E-state index in [1.54, 1.807) is 6.20 Å². The number of hydrogen-bond donors (Lipinski definition) is 3. The molecular weight excluding hydrogens is 294 g/mol. The van der Waals surface area contributed by atoms with E-state index < -0.39 is 17.9 Å². The van der Waals surface area contributed by atoms with E-state index in [9.17, 15) is 14.4 Å². The van der Waals surface area contributed by atoms with Crippen molar-refractivity contribution in [1.82, 2.24) is 15.6 Å². The molecule has 1 aromatic rings. The molecule has 0 aliphatic heterocycles. The number of carboxylic acid groups (broad SMARTS) is 1. The topological polar surface area (TPSA) is 108 Å². The van der Waals surface area contributed by atoms with Gasteiger partial charge in [0.1, 0.15) is 0 Å². The van der Waals surface area contributed by atoms with E-state index in [2.05, 4.69) is 15.6 Å². The van der Waals surface area contributed by atoms with Crippen molar-refractivity contribution in [1.29, 1.82) is 0 Å². The summed E-state index contributed by atoms with van der Waals surface area (Å²) in [6.07, 6.45) is 1.68. The lowest BCUT2D eigenvalue weighted by Crippen LogP contribution is -2.41. The first-order chi connectivity index (χ1) is 9.82. The Morgan fingerprint density at radius 3 is 2.52 bits per heavy atom. The highest BCUT2D eigenvalue weighted by atomic mass is 32.1. The molecule has 7 nitrogen and oxygen atoms in total. The van der Waals surface area contributed by atoms with Crippen LogP contribution in [0.3, 0.4) is 0 Å². The van der Waals surface area contributed by atoms with Crippen LogP contribution in [0.2, 0.25) is 0 Å². The Hall–Kier alpha value is -2.22. The molecule has 0 fully saturated rings. The molecule has 1 heterocycles. The van der Waals surface area contributed by atoms with Crippen molar-refractivity contribution in [2.45, 2.75) is 26.7 Å². The standard InChI is InChI=1S/C13H17N3O4S/c1-7(11-14-4-5-21-11)6-15-13(20)16-10(17)8(2)9(3)12(18)19/h4-5,7H,6H2,1-3H3,(H,18,19)(H2,15,16,17,20)/b9-8-. The number of carboxylic acids is 1. The number of hydrogen-bond acceptors (Lipinski definition) is 5. The zero-order valence-electron chi connectivity index (χ0n) is 12.0. The van der Waals surface area contributed by atoms with Crippen molar-refractivity contribution < 1.29 is 19.5 Å². The second-order valence-corrected chi connectivity index (χ2v) is 5.42. The lowest BCUT2D eigenvalue weighted by Gasteiger charge is -2.11. The van der Waals surface area contributed by atoms with E-state index in [0.717, 1.165) is 5.01 Å². The molecular formula is C13H17N3O4S. The first kappa shape index (κ1) is 16.8. The van der Waals surface area contributed by atoms with Crippen LogP contribution in [-0.4, -0.2) is 34.5 Å². The highest BCUT2D eigenvalue weighted by Gasteiger charge is 2.16. The van der Waals surface area contributed by atoms with Crippen LogP contribution in [0.25, 0.3) is 0 Å². The molecule has 0 radical (unpaired) electrons. The molecule has 0 saturated heterocycles. The van der Waals surface area contributed by atoms with Gasteiger partial charge in [0.15, 0.2) is 0 Å². The summed E-state index contributed by atoms with van der Waals surface area (Å²) >= 11 is 1.49. The monoisotopic (exact) mass is 311 g/mol. The summed E-state index contributed by atoms with van der Waals surface area (Å²) in [6, 6.07) is -0.666. The van der Waals surface area contributed by atoms with Crippen molar-refractivity contribution in [2.24, 2.45) is 0 Å². The summed E-state index contributed by atoms with van der Waals surface area (Å²) in [6.45, 7) is 4.89. The maximum atomic E-state index is 11.7. The minimum Gasteiger partial charge on any atom is -0.478 e. The summed E-state index contributed by atoms with van der Waals surface area (Å²) in [5.41, 5.74) is -0.109. The van der Waals surface area contributed by atoms with Gasteiger partial charge in [-0.15, -0.1) is 11.3 Å². The van der Waals surface area contributed by atoms with E-state index >= 15 is 0 Å². The number of carbonyl (C=O) groups excluding carboxylic acids is 2. The van der Waals surface area contributed by atoms with Gasteiger partial charge in [0, 0.05) is 35.2 Å². The van der Waals surface area contributed by atoms with Crippen LogP contribution in [0.5, 0.6) is 0 Å². The predicted molar refractivity (Wildman–Crippen MR) is 78.1 cm³/mol. The first-order valence-corrected chi connectivity index (χ1v) is 7.10. The molecule has 1 rings (SSSR count). The molecule has 0 spiro atoms. The van der Waals surface area contributed by atoms with E-state index in [1.807, 2.05) is 12.3 Å². The lowest BCUT2D eigenvalue weighted by atomic mass is 10.1. The van der Waals surface area contributed by atoms with E-state index in [0.29, 0.717) is 6.54 Å². The van der Waals surface area contributed by atoms with Gasteiger partial charge in [-0.3, -0.25) is 10.1 Å². The maximum Gasteiger partial charge on any atom is 0.331 e. The maximum absolute atomic E-state index is 11.7. The van der Waals surface area contributed by atoms with Crippen LogP contribution in [0.15, 0.2) is 22.7 Å². The van der Waals surface area contributed by atoms with Crippen LogP contribution in [-0.2, 0) is 9.59 Å². The zero-order chi connectivity index (χ0) is 16.0. The fourth-order valence-electron chi connectivity index (χ4n) is 1.38. The molecule has 3 N–H and O–H groups in total. The van der Waals surface area contributed by atoms with Crippen molar-refractivity contribution in [2.75, 3.05) is 6.54 Å². The first-order valence-electron chi connectivity index (χ1n) is 6.22. The minimum absolute atomic E-state index is 0.00868. The van der Waals surface area contributed by atoms with Crippen molar-refractivity contribution in [3.8, 4) is 0 Å². The average Bonchev–Trinajstić information content (AvgIpc) is 2.97. The van der Waals surface area contributed by atoms with Gasteiger partial charge in [0.25, 0.3) is 5.91 Å². The smallest absolute Gasteiger partial charge is 0.331 e. The molecule has 0 aromatic carbocycles. The number of urea groups is 1. The summed E-state index contributed by atoms with van der Waals surface area (Å²) in [5, 5.41) is 16.1. The third-order valence-electron chi connectivity index (χ3n) is 2.89. The Bertz CT molecular complexity index is 566. The summed E-state index contributed by atoms with van der Waals surface area (Å²) < 4.78 is 0. The lowest BCUT2D eigenvalue weighted by molar-refractivity contribution is -0.133. The molecule has 0 aliphatic carbocycles. The van der Waals surface area contributed by atoms with Crippen LogP contribution in [0.1, 0.15) is 31.7 Å². The van der Waals surface area contributed by atoms with Crippen molar-refractivity contribution >= 4 is 29.2 Å². The summed E-state index contributed by atoms with van der Waals surface area (Å²) in [5.74, 6) is -1.89. The second-order valence-electron chi connectivity index (χ2n) is 4.49. The molecule has 3 amide bonds. The molecule has 1 atom stereocenters. The number of carbonyl (C=O) groups is 3. The normalized spacial score (nSPS) is 13.1. The third-order valence-corrected chi connectivity index (χ3v) is 3.90. The number of thiazole rings is 1. The number of nitrogens with one attached hydrogen (secondary N) is 2. The number of rotatable bonds is 5.